The van der Waals surface area contributed by atoms with Crippen molar-refractivity contribution in [2.45, 2.75) is 30.6 Å². The van der Waals surface area contributed by atoms with Crippen LogP contribution in [0.25, 0.3) is 0 Å². The molecule has 0 fully saturated rings. The summed E-state index contributed by atoms with van der Waals surface area (Å²) < 4.78 is 134. The lowest BCUT2D eigenvalue weighted by molar-refractivity contribution is 0.584. The minimum Gasteiger partial charge on any atom is -0.311 e. The summed E-state index contributed by atoms with van der Waals surface area (Å²) >= 11 is 1.40. The average Bonchev–Trinajstić information content (AvgIpc) is 0.693. The zero-order valence-corrected chi connectivity index (χ0v) is 49.6. The fraction of sp³-hybridized carbons (Fsp3) is 0.0400. The van der Waals surface area contributed by atoms with Crippen LogP contribution in [0.2, 0.25) is 0 Å². The third-order valence-corrected chi connectivity index (χ3v) is 18.9. The zero-order chi connectivity index (χ0) is 62.2. The van der Waals surface area contributed by atoms with Gasteiger partial charge in [0.1, 0.15) is 69.3 Å². The maximum absolute atomic E-state index is 17.1. The maximum Gasteiger partial charge on any atom is 0.252 e. The van der Waals surface area contributed by atoms with Crippen LogP contribution in [-0.4, -0.2) is 13.4 Å². The molecule has 16 heteroatoms. The van der Waals surface area contributed by atoms with Crippen molar-refractivity contribution in [2.24, 2.45) is 0 Å². The van der Waals surface area contributed by atoms with E-state index in [0.29, 0.717) is 77.9 Å². The smallest absolute Gasteiger partial charge is 0.252 e. The fourth-order valence-corrected chi connectivity index (χ4v) is 15.6. The highest BCUT2D eigenvalue weighted by Gasteiger charge is 2.49. The van der Waals surface area contributed by atoms with Gasteiger partial charge in [-0.3, -0.25) is 0 Å². The number of nitrogens with zero attached hydrogens (tertiary/aromatic N) is 5. The lowest BCUT2D eigenvalue weighted by Crippen LogP contribution is -2.64. The van der Waals surface area contributed by atoms with Gasteiger partial charge in [0.05, 0.1) is 11.4 Å². The Morgan fingerprint density at radius 1 is 0.297 bits per heavy atom. The summed E-state index contributed by atoms with van der Waals surface area (Å²) in [4.78, 5) is 9.66. The van der Waals surface area contributed by atoms with Crippen LogP contribution in [0.1, 0.15) is 16.7 Å². The number of hydrogen-bond donors (Lipinski definition) is 0. The second kappa shape index (κ2) is 21.4. The number of hydrogen-bond acceptors (Lipinski definition) is 6. The Kier molecular flexibility index (Phi) is 13.1. The number of halogens is 8. The molecule has 0 aliphatic carbocycles. The molecule has 12 aromatic carbocycles. The van der Waals surface area contributed by atoms with Gasteiger partial charge >= 0.3 is 0 Å². The SMILES string of the molecule is Cc1cc(C)c(N2c3cc4c(cc3B3c5ccccc5N(c5c(F)cccc5F)c5cc(N(c6ccccc6)c6c(F)cccc6F)cc2c53)B2c3ccccc3N(c3c(F)cccc3F)c3cc(N(c5ccccc5)c5c(F)cccc5F)cc(c32)S4)c(C)c1. The average molecular weight is 1220 g/mol. The van der Waals surface area contributed by atoms with Crippen molar-refractivity contribution >= 4 is 143 Å². The molecule has 0 amide bonds. The number of fused-ring (bicyclic) bond motifs is 8. The van der Waals surface area contributed by atoms with Crippen molar-refractivity contribution in [2.75, 3.05) is 24.5 Å². The third kappa shape index (κ3) is 8.63. The lowest BCUT2D eigenvalue weighted by Gasteiger charge is -2.46. The van der Waals surface area contributed by atoms with Crippen molar-refractivity contribution < 1.29 is 35.1 Å². The Morgan fingerprint density at radius 3 is 1.14 bits per heavy atom. The maximum atomic E-state index is 17.1. The third-order valence-electron chi connectivity index (χ3n) is 17.8. The molecule has 4 heterocycles. The molecule has 4 aliphatic rings. The summed E-state index contributed by atoms with van der Waals surface area (Å²) in [5.74, 6) is -6.75. The van der Waals surface area contributed by atoms with Crippen molar-refractivity contribution in [1.82, 2.24) is 0 Å². The monoisotopic (exact) mass is 1220 g/mol. The van der Waals surface area contributed by atoms with E-state index in [1.54, 1.807) is 94.7 Å². The molecule has 0 atom stereocenters. The molecule has 4 aliphatic heterocycles. The Hall–Kier alpha value is -10.4. The summed E-state index contributed by atoms with van der Waals surface area (Å²) in [6, 6.07) is 63.0. The fourth-order valence-electron chi connectivity index (χ4n) is 14.4. The van der Waals surface area contributed by atoms with E-state index >= 15 is 35.1 Å². The van der Waals surface area contributed by atoms with Gasteiger partial charge in [0.25, 0.3) is 6.71 Å². The van der Waals surface area contributed by atoms with Crippen LogP contribution in [0.5, 0.6) is 0 Å². The van der Waals surface area contributed by atoms with Crippen molar-refractivity contribution in [3.63, 3.8) is 0 Å². The molecule has 16 rings (SSSR count). The van der Waals surface area contributed by atoms with Crippen molar-refractivity contribution in [3.8, 4) is 0 Å². The molecule has 5 nitrogen and oxygen atoms in total. The van der Waals surface area contributed by atoms with E-state index in [9.17, 15) is 0 Å². The molecule has 440 valence electrons. The van der Waals surface area contributed by atoms with Crippen LogP contribution in [0.15, 0.2) is 240 Å². The summed E-state index contributed by atoms with van der Waals surface area (Å²) in [7, 11) is 0. The van der Waals surface area contributed by atoms with Crippen LogP contribution in [0, 0.1) is 67.3 Å². The summed E-state index contributed by atoms with van der Waals surface area (Å²) in [6.07, 6.45) is 0. The zero-order valence-electron chi connectivity index (χ0n) is 48.8. The quantitative estimate of drug-likeness (QED) is 0.105. The normalized spacial score (nSPS) is 13.1. The molecular weight excluding hydrogens is 1180 g/mol. The Morgan fingerprint density at radius 2 is 0.681 bits per heavy atom. The van der Waals surface area contributed by atoms with Gasteiger partial charge in [0.2, 0.25) is 6.71 Å². The van der Waals surface area contributed by atoms with E-state index in [1.807, 2.05) is 69.3 Å². The lowest BCUT2D eigenvalue weighted by atomic mass is 9.31. The number of anilines is 15. The van der Waals surface area contributed by atoms with Crippen LogP contribution < -0.4 is 57.3 Å². The molecule has 12 aromatic rings. The molecule has 0 unspecified atom stereocenters. The number of rotatable bonds is 9. The molecule has 0 saturated heterocycles. The minimum atomic E-state index is -0.851. The van der Waals surface area contributed by atoms with E-state index in [1.165, 1.54) is 94.4 Å². The van der Waals surface area contributed by atoms with E-state index in [4.69, 9.17) is 0 Å². The van der Waals surface area contributed by atoms with Crippen LogP contribution >= 0.6 is 11.8 Å². The van der Waals surface area contributed by atoms with Gasteiger partial charge in [-0.2, -0.15) is 0 Å². The Balaban J connectivity index is 1.02. The largest absolute Gasteiger partial charge is 0.311 e. The summed E-state index contributed by atoms with van der Waals surface area (Å²) in [6.45, 7) is 4.72. The van der Waals surface area contributed by atoms with E-state index in [-0.39, 0.29) is 28.4 Å². The first kappa shape index (κ1) is 55.8. The highest BCUT2D eigenvalue weighted by atomic mass is 32.2. The molecule has 91 heavy (non-hydrogen) atoms. The Bertz CT molecular complexity index is 4930. The molecule has 0 spiro atoms. The van der Waals surface area contributed by atoms with Crippen LogP contribution in [-0.2, 0) is 0 Å². The first-order valence-corrected chi connectivity index (χ1v) is 30.4. The second-order valence-corrected chi connectivity index (χ2v) is 24.3. The van der Waals surface area contributed by atoms with E-state index in [0.717, 1.165) is 38.2 Å². The molecule has 0 saturated carbocycles. The summed E-state index contributed by atoms with van der Waals surface area (Å²) in [5, 5.41) is 0. The molecule has 0 N–H and O–H groups in total. The number of para-hydroxylation sites is 8. The van der Waals surface area contributed by atoms with Crippen molar-refractivity contribution in [3.05, 3.63) is 294 Å². The van der Waals surface area contributed by atoms with Gasteiger partial charge in [-0.1, -0.05) is 138 Å². The van der Waals surface area contributed by atoms with E-state index in [2.05, 4.69) is 29.2 Å². The first-order valence-electron chi connectivity index (χ1n) is 29.6. The molecule has 0 radical (unpaired) electrons. The standard InChI is InChI=1S/C75H47B2F8N5S/c1-42-34-43(2)71(44(3)35-42)90-63-41-67-52(77-50-23-11-13-33-62(50)89(75-59(84)30-17-31-60(75)85)66-38-48(39-68(91-67)70(66)77)87(46-20-8-5-9-21-46)73-55(80)26-15-27-56(73)81)40-51(63)76-49-22-10-12-32-61(49)88(74-57(82)28-16-29-58(74)83)64-36-47(37-65(90)69(64)76)86(45-18-6-4-7-19-45)72-53(78)24-14-25-54(72)79/h4-41H,1-3H3. The number of benzene rings is 12. The van der Waals surface area contributed by atoms with Gasteiger partial charge < -0.3 is 24.5 Å². The second-order valence-electron chi connectivity index (χ2n) is 23.2. The van der Waals surface area contributed by atoms with E-state index < -0.39 is 60.0 Å². The van der Waals surface area contributed by atoms with Crippen LogP contribution in [0.3, 0.4) is 0 Å². The minimum absolute atomic E-state index is 0.268. The topological polar surface area (TPSA) is 16.2 Å². The Labute approximate surface area is 524 Å². The summed E-state index contributed by atoms with van der Waals surface area (Å²) in [5.41, 5.74) is 10.7. The van der Waals surface area contributed by atoms with Gasteiger partial charge in [0, 0.05) is 61.0 Å². The van der Waals surface area contributed by atoms with Gasteiger partial charge in [0.15, 0.2) is 0 Å². The molecular formula is C75H47B2F8N5S. The molecule has 0 bridgehead atoms. The van der Waals surface area contributed by atoms with Gasteiger partial charge in [-0.15, -0.1) is 0 Å². The first-order chi connectivity index (χ1) is 44.2. The van der Waals surface area contributed by atoms with Crippen molar-refractivity contribution in [1.29, 1.82) is 0 Å². The predicted octanol–water partition coefficient (Wildman–Crippen LogP) is 17.5. The number of aryl methyl sites for hydroxylation is 3. The highest BCUT2D eigenvalue weighted by molar-refractivity contribution is 8.00. The molecule has 0 aromatic heterocycles. The predicted molar refractivity (Wildman–Crippen MR) is 354 cm³/mol. The van der Waals surface area contributed by atoms with Gasteiger partial charge in [-0.25, -0.2) is 35.1 Å². The highest BCUT2D eigenvalue weighted by Crippen LogP contribution is 2.53. The van der Waals surface area contributed by atoms with Gasteiger partial charge in [-0.05, 0) is 174 Å². The van der Waals surface area contributed by atoms with Crippen LogP contribution in [0.4, 0.5) is 120 Å².